The van der Waals surface area contributed by atoms with Crippen LogP contribution in [0.4, 0.5) is 0 Å². The van der Waals surface area contributed by atoms with Crippen LogP contribution in [0.25, 0.3) is 5.69 Å². The zero-order valence-corrected chi connectivity index (χ0v) is 11.6. The molecule has 1 fully saturated rings. The quantitative estimate of drug-likeness (QED) is 0.897. The first kappa shape index (κ1) is 12.4. The summed E-state index contributed by atoms with van der Waals surface area (Å²) in [6.07, 6.45) is 4.14. The van der Waals surface area contributed by atoms with E-state index in [1.165, 1.54) is 16.8 Å². The number of aromatic nitrogens is 3. The molecule has 3 rings (SSSR count). The van der Waals surface area contributed by atoms with Gasteiger partial charge in [-0.15, -0.1) is 10.2 Å². The van der Waals surface area contributed by atoms with Gasteiger partial charge in [-0.2, -0.15) is 0 Å². The molecule has 4 nitrogen and oxygen atoms in total. The summed E-state index contributed by atoms with van der Waals surface area (Å²) in [4.78, 5) is 0. The van der Waals surface area contributed by atoms with Crippen LogP contribution >= 0.6 is 0 Å². The van der Waals surface area contributed by atoms with Gasteiger partial charge in [0, 0.05) is 5.92 Å². The van der Waals surface area contributed by atoms with Gasteiger partial charge in [-0.05, 0) is 50.9 Å². The summed E-state index contributed by atoms with van der Waals surface area (Å²) < 4.78 is 2.18. The van der Waals surface area contributed by atoms with E-state index in [2.05, 4.69) is 52.1 Å². The molecule has 1 aromatic heterocycles. The van der Waals surface area contributed by atoms with Crippen molar-refractivity contribution < 1.29 is 0 Å². The van der Waals surface area contributed by atoms with Crippen molar-refractivity contribution in [2.75, 3.05) is 13.1 Å². The Hall–Kier alpha value is -1.68. The van der Waals surface area contributed by atoms with Gasteiger partial charge in [-0.3, -0.25) is 4.57 Å². The molecule has 1 saturated heterocycles. The summed E-state index contributed by atoms with van der Waals surface area (Å²) in [7, 11) is 0. The van der Waals surface area contributed by atoms with E-state index in [-0.39, 0.29) is 0 Å². The average molecular weight is 256 g/mol. The summed E-state index contributed by atoms with van der Waals surface area (Å²) in [5.41, 5.74) is 3.78. The number of para-hydroxylation sites is 1. The molecule has 19 heavy (non-hydrogen) atoms. The number of piperidine rings is 1. The van der Waals surface area contributed by atoms with Gasteiger partial charge in [0.2, 0.25) is 0 Å². The van der Waals surface area contributed by atoms with Gasteiger partial charge >= 0.3 is 0 Å². The number of hydrogen-bond acceptors (Lipinski definition) is 3. The van der Waals surface area contributed by atoms with Crippen LogP contribution in [0.2, 0.25) is 0 Å². The Labute approximate surface area is 113 Å². The highest BCUT2D eigenvalue weighted by molar-refractivity contribution is 5.47. The van der Waals surface area contributed by atoms with E-state index in [1.807, 2.05) is 6.33 Å². The molecule has 1 aliphatic heterocycles. The number of nitrogens with zero attached hydrogens (tertiary/aromatic N) is 3. The maximum absolute atomic E-state index is 4.38. The standard InChI is InChI=1S/C15H20N4/c1-11-4-3-5-12(2)14(11)19-10-17-18-15(19)13-6-8-16-9-7-13/h3-5,10,13,16H,6-9H2,1-2H3. The lowest BCUT2D eigenvalue weighted by Gasteiger charge is -2.23. The molecule has 0 spiro atoms. The lowest BCUT2D eigenvalue weighted by molar-refractivity contribution is 0.440. The van der Waals surface area contributed by atoms with Crippen LogP contribution in [0.1, 0.15) is 35.7 Å². The molecule has 0 saturated carbocycles. The molecule has 4 heteroatoms. The van der Waals surface area contributed by atoms with Gasteiger partial charge in [-0.1, -0.05) is 18.2 Å². The minimum Gasteiger partial charge on any atom is -0.317 e. The van der Waals surface area contributed by atoms with E-state index in [1.54, 1.807) is 0 Å². The fourth-order valence-electron chi connectivity index (χ4n) is 2.96. The Morgan fingerprint density at radius 1 is 1.16 bits per heavy atom. The third kappa shape index (κ3) is 2.28. The van der Waals surface area contributed by atoms with Crippen LogP contribution in [0, 0.1) is 13.8 Å². The number of rotatable bonds is 2. The highest BCUT2D eigenvalue weighted by atomic mass is 15.3. The molecule has 0 unspecified atom stereocenters. The van der Waals surface area contributed by atoms with Crippen molar-refractivity contribution in [2.24, 2.45) is 0 Å². The highest BCUT2D eigenvalue weighted by Crippen LogP contribution is 2.27. The largest absolute Gasteiger partial charge is 0.317 e. The second kappa shape index (κ2) is 5.13. The minimum absolute atomic E-state index is 0.516. The van der Waals surface area contributed by atoms with Crippen molar-refractivity contribution in [1.29, 1.82) is 0 Å². The second-order valence-corrected chi connectivity index (χ2v) is 5.32. The molecule has 0 bridgehead atoms. The van der Waals surface area contributed by atoms with Crippen molar-refractivity contribution in [1.82, 2.24) is 20.1 Å². The van der Waals surface area contributed by atoms with E-state index < -0.39 is 0 Å². The first-order valence-electron chi connectivity index (χ1n) is 6.94. The molecular weight excluding hydrogens is 236 g/mol. The third-order valence-corrected chi connectivity index (χ3v) is 3.96. The predicted octanol–water partition coefficient (Wildman–Crippen LogP) is 2.35. The highest BCUT2D eigenvalue weighted by Gasteiger charge is 2.22. The van der Waals surface area contributed by atoms with Gasteiger partial charge in [0.1, 0.15) is 12.2 Å². The van der Waals surface area contributed by atoms with E-state index in [9.17, 15) is 0 Å². The molecule has 2 heterocycles. The van der Waals surface area contributed by atoms with E-state index >= 15 is 0 Å². The fraction of sp³-hybridized carbons (Fsp3) is 0.467. The number of nitrogens with one attached hydrogen (secondary N) is 1. The van der Waals surface area contributed by atoms with Crippen molar-refractivity contribution >= 4 is 0 Å². The van der Waals surface area contributed by atoms with Crippen molar-refractivity contribution in [3.8, 4) is 5.69 Å². The van der Waals surface area contributed by atoms with Gasteiger partial charge in [0.15, 0.2) is 0 Å². The Kier molecular flexibility index (Phi) is 3.34. The minimum atomic E-state index is 0.516. The monoisotopic (exact) mass is 256 g/mol. The van der Waals surface area contributed by atoms with Crippen LogP contribution in [0.15, 0.2) is 24.5 Å². The van der Waals surface area contributed by atoms with Crippen LogP contribution in [0.5, 0.6) is 0 Å². The van der Waals surface area contributed by atoms with E-state index in [0.717, 1.165) is 31.8 Å². The summed E-state index contributed by atoms with van der Waals surface area (Å²) in [6, 6.07) is 6.39. The molecule has 0 aliphatic carbocycles. The topological polar surface area (TPSA) is 42.7 Å². The molecular formula is C15H20N4. The molecule has 0 radical (unpaired) electrons. The zero-order chi connectivity index (χ0) is 13.2. The second-order valence-electron chi connectivity index (χ2n) is 5.32. The maximum Gasteiger partial charge on any atom is 0.140 e. The lowest BCUT2D eigenvalue weighted by atomic mass is 9.97. The molecule has 1 N–H and O–H groups in total. The third-order valence-electron chi connectivity index (χ3n) is 3.96. The molecule has 1 aliphatic rings. The molecule has 100 valence electrons. The van der Waals surface area contributed by atoms with Crippen molar-refractivity contribution in [3.05, 3.63) is 41.5 Å². The Morgan fingerprint density at radius 2 is 1.84 bits per heavy atom. The Balaban J connectivity index is 2.04. The first-order valence-corrected chi connectivity index (χ1v) is 6.94. The summed E-state index contributed by atoms with van der Waals surface area (Å²) in [5.74, 6) is 1.63. The van der Waals surface area contributed by atoms with Gasteiger partial charge in [-0.25, -0.2) is 0 Å². The summed E-state index contributed by atoms with van der Waals surface area (Å²) >= 11 is 0. The first-order chi connectivity index (χ1) is 9.27. The smallest absolute Gasteiger partial charge is 0.140 e. The van der Waals surface area contributed by atoms with Gasteiger partial charge in [0.05, 0.1) is 5.69 Å². The van der Waals surface area contributed by atoms with E-state index in [0.29, 0.717) is 5.92 Å². The van der Waals surface area contributed by atoms with Gasteiger partial charge < -0.3 is 5.32 Å². The fourth-order valence-corrected chi connectivity index (χ4v) is 2.96. The Bertz CT molecular complexity index is 547. The van der Waals surface area contributed by atoms with Crippen LogP contribution in [0.3, 0.4) is 0 Å². The Morgan fingerprint density at radius 3 is 2.53 bits per heavy atom. The normalized spacial score (nSPS) is 16.7. The predicted molar refractivity (Wildman–Crippen MR) is 75.7 cm³/mol. The van der Waals surface area contributed by atoms with Gasteiger partial charge in [0.25, 0.3) is 0 Å². The zero-order valence-electron chi connectivity index (χ0n) is 11.6. The number of aryl methyl sites for hydroxylation is 2. The van der Waals surface area contributed by atoms with Crippen molar-refractivity contribution in [2.45, 2.75) is 32.6 Å². The lowest BCUT2D eigenvalue weighted by Crippen LogP contribution is -2.28. The molecule has 1 aromatic carbocycles. The number of benzene rings is 1. The maximum atomic E-state index is 4.38. The van der Waals surface area contributed by atoms with Crippen LogP contribution in [-0.2, 0) is 0 Å². The average Bonchev–Trinajstić information content (AvgIpc) is 2.89. The number of hydrogen-bond donors (Lipinski definition) is 1. The summed E-state index contributed by atoms with van der Waals surface area (Å²) in [5, 5.41) is 11.9. The van der Waals surface area contributed by atoms with E-state index in [4.69, 9.17) is 0 Å². The molecule has 2 aromatic rings. The van der Waals surface area contributed by atoms with Crippen molar-refractivity contribution in [3.63, 3.8) is 0 Å². The SMILES string of the molecule is Cc1cccc(C)c1-n1cnnc1C1CCNCC1. The molecule has 0 amide bonds. The van der Waals surface area contributed by atoms with Crippen LogP contribution < -0.4 is 5.32 Å². The van der Waals surface area contributed by atoms with Crippen LogP contribution in [-0.4, -0.2) is 27.9 Å². The molecule has 0 atom stereocenters. The summed E-state index contributed by atoms with van der Waals surface area (Å²) in [6.45, 7) is 6.44.